The Morgan fingerprint density at radius 3 is 2.54 bits per heavy atom. The second kappa shape index (κ2) is 13.2. The maximum atomic E-state index is 5.79. The van der Waals surface area contributed by atoms with Gasteiger partial charge in [0.2, 0.25) is 0 Å². The molecule has 0 bridgehead atoms. The summed E-state index contributed by atoms with van der Waals surface area (Å²) in [6.07, 6.45) is 2.64. The lowest BCUT2D eigenvalue weighted by Gasteiger charge is -2.35. The van der Waals surface area contributed by atoms with Crippen molar-refractivity contribution in [2.24, 2.45) is 4.99 Å². The van der Waals surface area contributed by atoms with Crippen molar-refractivity contribution in [3.05, 3.63) is 29.3 Å². The predicted octanol–water partition coefficient (Wildman–Crippen LogP) is 2.83. The first-order valence-electron chi connectivity index (χ1n) is 9.97. The number of ether oxygens (including phenoxy) is 2. The lowest BCUT2D eigenvalue weighted by molar-refractivity contribution is -0.0679. The number of morpholine rings is 1. The number of guanidine groups is 1. The summed E-state index contributed by atoms with van der Waals surface area (Å²) in [5.74, 6) is 1.80. The molecule has 2 N–H and O–H groups in total. The van der Waals surface area contributed by atoms with Crippen LogP contribution >= 0.6 is 24.0 Å². The molecule has 6 nitrogen and oxygen atoms in total. The van der Waals surface area contributed by atoms with Gasteiger partial charge in [-0.25, -0.2) is 0 Å². The van der Waals surface area contributed by atoms with E-state index in [4.69, 9.17) is 9.47 Å². The van der Waals surface area contributed by atoms with Crippen LogP contribution in [0, 0.1) is 6.92 Å². The van der Waals surface area contributed by atoms with Gasteiger partial charge in [-0.2, -0.15) is 0 Å². The van der Waals surface area contributed by atoms with E-state index in [1.807, 2.05) is 13.1 Å². The van der Waals surface area contributed by atoms with Gasteiger partial charge in [0, 0.05) is 39.8 Å². The van der Waals surface area contributed by atoms with Crippen LogP contribution in [0.15, 0.2) is 23.2 Å². The molecule has 0 saturated carbocycles. The maximum absolute atomic E-state index is 5.79. The molecular weight excluding hydrogens is 467 g/mol. The number of hydrogen-bond donors (Lipinski definition) is 2. The summed E-state index contributed by atoms with van der Waals surface area (Å²) in [6, 6.07) is 6.29. The lowest BCUT2D eigenvalue weighted by atomic mass is 10.1. The van der Waals surface area contributed by atoms with E-state index >= 15 is 0 Å². The molecule has 2 unspecified atom stereocenters. The normalized spacial score (nSPS) is 20.4. The number of hydrogen-bond acceptors (Lipinski definition) is 4. The fourth-order valence-electron chi connectivity index (χ4n) is 3.62. The van der Waals surface area contributed by atoms with Crippen LogP contribution in [0.3, 0.4) is 0 Å². The minimum atomic E-state index is 0. The standard InChI is InChI=1S/C21H36N4O2.HI/c1-16-7-8-20(26-5)19(13-16)9-11-24-21(22-4)23-10-6-12-25-14-17(2)27-18(3)15-25;/h7-8,13,17-18H,6,9-12,14-15H2,1-5H3,(H2,22,23,24);1H. The molecule has 1 aliphatic rings. The van der Waals surface area contributed by atoms with Gasteiger partial charge in [0.05, 0.1) is 19.3 Å². The van der Waals surface area contributed by atoms with Crippen molar-refractivity contribution in [2.45, 2.75) is 45.8 Å². The van der Waals surface area contributed by atoms with Crippen LogP contribution < -0.4 is 15.4 Å². The van der Waals surface area contributed by atoms with E-state index in [9.17, 15) is 0 Å². The number of methoxy groups -OCH3 is 1. The number of rotatable bonds is 8. The van der Waals surface area contributed by atoms with Gasteiger partial charge in [-0.05, 0) is 45.2 Å². The molecule has 1 fully saturated rings. The molecule has 1 aromatic rings. The second-order valence-electron chi connectivity index (χ2n) is 7.36. The van der Waals surface area contributed by atoms with Crippen LogP contribution in [0.25, 0.3) is 0 Å². The van der Waals surface area contributed by atoms with Gasteiger partial charge < -0.3 is 20.1 Å². The highest BCUT2D eigenvalue weighted by molar-refractivity contribution is 14.0. The average molecular weight is 504 g/mol. The molecule has 0 amide bonds. The van der Waals surface area contributed by atoms with Crippen molar-refractivity contribution in [1.82, 2.24) is 15.5 Å². The van der Waals surface area contributed by atoms with Crippen molar-refractivity contribution in [2.75, 3.05) is 46.9 Å². The highest BCUT2D eigenvalue weighted by atomic mass is 127. The van der Waals surface area contributed by atoms with E-state index < -0.39 is 0 Å². The van der Waals surface area contributed by atoms with Gasteiger partial charge in [0.15, 0.2) is 5.96 Å². The maximum Gasteiger partial charge on any atom is 0.190 e. The molecule has 2 atom stereocenters. The molecule has 1 heterocycles. The zero-order chi connectivity index (χ0) is 19.6. The van der Waals surface area contributed by atoms with E-state index in [1.54, 1.807) is 7.11 Å². The van der Waals surface area contributed by atoms with E-state index in [0.29, 0.717) is 12.2 Å². The number of aliphatic imine (C=N–C) groups is 1. The summed E-state index contributed by atoms with van der Waals surface area (Å²) in [4.78, 5) is 6.80. The van der Waals surface area contributed by atoms with Gasteiger partial charge >= 0.3 is 0 Å². The topological polar surface area (TPSA) is 58.1 Å². The van der Waals surface area contributed by atoms with Crippen LogP contribution in [-0.2, 0) is 11.2 Å². The molecule has 0 aromatic heterocycles. The monoisotopic (exact) mass is 504 g/mol. The number of nitrogens with zero attached hydrogens (tertiary/aromatic N) is 2. The van der Waals surface area contributed by atoms with Crippen LogP contribution in [-0.4, -0.2) is 69.9 Å². The molecule has 2 rings (SSSR count). The minimum absolute atomic E-state index is 0. The zero-order valence-corrected chi connectivity index (χ0v) is 20.3. The fraction of sp³-hybridized carbons (Fsp3) is 0.667. The third kappa shape index (κ3) is 8.53. The molecule has 28 heavy (non-hydrogen) atoms. The fourth-order valence-corrected chi connectivity index (χ4v) is 3.62. The van der Waals surface area contributed by atoms with E-state index in [1.165, 1.54) is 11.1 Å². The predicted molar refractivity (Wildman–Crippen MR) is 127 cm³/mol. The van der Waals surface area contributed by atoms with E-state index in [2.05, 4.69) is 53.4 Å². The summed E-state index contributed by atoms with van der Waals surface area (Å²) >= 11 is 0. The molecular formula is C21H37IN4O2. The largest absolute Gasteiger partial charge is 0.496 e. The summed E-state index contributed by atoms with van der Waals surface area (Å²) < 4.78 is 11.2. The third-order valence-corrected chi connectivity index (χ3v) is 4.79. The summed E-state index contributed by atoms with van der Waals surface area (Å²) in [5, 5.41) is 6.80. The Hall–Kier alpha value is -1.06. The summed E-state index contributed by atoms with van der Waals surface area (Å²) in [6.45, 7) is 11.3. The molecule has 0 aliphatic carbocycles. The molecule has 0 spiro atoms. The van der Waals surface area contributed by atoms with Gasteiger partial charge in [0.25, 0.3) is 0 Å². The van der Waals surface area contributed by atoms with Gasteiger partial charge in [0.1, 0.15) is 5.75 Å². The summed E-state index contributed by atoms with van der Waals surface area (Å²) in [5.41, 5.74) is 2.47. The van der Waals surface area contributed by atoms with Crippen molar-refractivity contribution in [3.8, 4) is 5.75 Å². The molecule has 1 aliphatic heterocycles. The number of nitrogens with one attached hydrogen (secondary N) is 2. The second-order valence-corrected chi connectivity index (χ2v) is 7.36. The first-order valence-corrected chi connectivity index (χ1v) is 9.97. The van der Waals surface area contributed by atoms with Crippen molar-refractivity contribution < 1.29 is 9.47 Å². The van der Waals surface area contributed by atoms with Crippen LogP contribution in [0.2, 0.25) is 0 Å². The van der Waals surface area contributed by atoms with Crippen molar-refractivity contribution >= 4 is 29.9 Å². The van der Waals surface area contributed by atoms with Crippen LogP contribution in [0.4, 0.5) is 0 Å². The number of benzene rings is 1. The Balaban J connectivity index is 0.00000392. The molecule has 0 radical (unpaired) electrons. The molecule has 1 saturated heterocycles. The van der Waals surface area contributed by atoms with Crippen LogP contribution in [0.5, 0.6) is 5.75 Å². The average Bonchev–Trinajstić information content (AvgIpc) is 2.63. The first-order chi connectivity index (χ1) is 13.0. The van der Waals surface area contributed by atoms with Crippen molar-refractivity contribution in [1.29, 1.82) is 0 Å². The molecule has 1 aromatic carbocycles. The first kappa shape index (κ1) is 25.0. The minimum Gasteiger partial charge on any atom is -0.496 e. The van der Waals surface area contributed by atoms with E-state index in [-0.39, 0.29) is 24.0 Å². The Labute approximate surface area is 187 Å². The highest BCUT2D eigenvalue weighted by Gasteiger charge is 2.21. The molecule has 7 heteroatoms. The smallest absolute Gasteiger partial charge is 0.190 e. The Bertz CT molecular complexity index is 602. The molecule has 160 valence electrons. The Kier molecular flexibility index (Phi) is 11.8. The highest BCUT2D eigenvalue weighted by Crippen LogP contribution is 2.19. The van der Waals surface area contributed by atoms with E-state index in [0.717, 1.165) is 57.3 Å². The van der Waals surface area contributed by atoms with Crippen molar-refractivity contribution in [3.63, 3.8) is 0 Å². The van der Waals surface area contributed by atoms with Gasteiger partial charge in [-0.1, -0.05) is 17.7 Å². The number of halogens is 1. The Morgan fingerprint density at radius 1 is 1.21 bits per heavy atom. The zero-order valence-electron chi connectivity index (χ0n) is 18.0. The van der Waals surface area contributed by atoms with Gasteiger partial charge in [-0.3, -0.25) is 9.89 Å². The van der Waals surface area contributed by atoms with Crippen LogP contribution in [0.1, 0.15) is 31.4 Å². The third-order valence-electron chi connectivity index (χ3n) is 4.79. The number of aryl methyl sites for hydroxylation is 1. The SMILES string of the molecule is CN=C(NCCCN1CC(C)OC(C)C1)NCCc1cc(C)ccc1OC.I. The summed E-state index contributed by atoms with van der Waals surface area (Å²) in [7, 11) is 3.53. The Morgan fingerprint density at radius 2 is 1.89 bits per heavy atom. The van der Waals surface area contributed by atoms with Gasteiger partial charge in [-0.15, -0.1) is 24.0 Å². The quantitative estimate of drug-likeness (QED) is 0.247. The lowest BCUT2D eigenvalue weighted by Crippen LogP contribution is -2.46.